The maximum Gasteiger partial charge on any atom is 0.251 e. The van der Waals surface area contributed by atoms with Crippen LogP contribution in [0.5, 0.6) is 11.5 Å². The van der Waals surface area contributed by atoms with Gasteiger partial charge in [0, 0.05) is 25.1 Å². The molecule has 0 saturated heterocycles. The van der Waals surface area contributed by atoms with Crippen molar-refractivity contribution in [2.45, 2.75) is 32.0 Å². The number of aryl methyl sites for hydroxylation is 1. The van der Waals surface area contributed by atoms with Gasteiger partial charge in [-0.2, -0.15) is 0 Å². The molecule has 0 saturated carbocycles. The van der Waals surface area contributed by atoms with Crippen LogP contribution in [0, 0.1) is 6.92 Å². The molecule has 3 aromatic rings. The van der Waals surface area contributed by atoms with Crippen LogP contribution in [-0.2, 0) is 17.8 Å². The number of hydrogen-bond donors (Lipinski definition) is 2. The summed E-state index contributed by atoms with van der Waals surface area (Å²) in [5.41, 5.74) is 2.22. The molecule has 180 valence electrons. The summed E-state index contributed by atoms with van der Waals surface area (Å²) >= 11 is 1.31. The molecule has 1 heterocycles. The average molecular weight is 484 g/mol. The Kier molecular flexibility index (Phi) is 8.92. The zero-order valence-electron chi connectivity index (χ0n) is 19.8. The number of carbonyl (C=O) groups is 2. The van der Waals surface area contributed by atoms with Gasteiger partial charge in [0.2, 0.25) is 5.91 Å². The van der Waals surface area contributed by atoms with Gasteiger partial charge in [-0.15, -0.1) is 10.2 Å². The average Bonchev–Trinajstić information content (AvgIpc) is 3.24. The standard InChI is InChI=1S/C24H29N5O4S/c1-5-29-21(12-13-25-23(31)17-7-9-18(32-3)10-8-17)27-28-24(29)34-15-22(30)26-19-14-16(2)6-11-20(19)33-4/h6-11,14H,5,12-13,15H2,1-4H3,(H,25,31)(H,26,30). The largest absolute Gasteiger partial charge is 0.497 e. The van der Waals surface area contributed by atoms with Gasteiger partial charge in [0.05, 0.1) is 25.7 Å². The number of nitrogens with zero attached hydrogens (tertiary/aromatic N) is 3. The lowest BCUT2D eigenvalue weighted by Crippen LogP contribution is -2.26. The van der Waals surface area contributed by atoms with E-state index in [0.717, 1.165) is 11.4 Å². The van der Waals surface area contributed by atoms with Crippen molar-refractivity contribution >= 4 is 29.3 Å². The van der Waals surface area contributed by atoms with E-state index >= 15 is 0 Å². The first kappa shape index (κ1) is 25.1. The van der Waals surface area contributed by atoms with Crippen molar-refractivity contribution in [2.24, 2.45) is 0 Å². The molecule has 0 atom stereocenters. The fourth-order valence-electron chi connectivity index (χ4n) is 3.30. The molecule has 2 N–H and O–H groups in total. The fraction of sp³-hybridized carbons (Fsp3) is 0.333. The molecule has 0 aliphatic rings. The highest BCUT2D eigenvalue weighted by Gasteiger charge is 2.15. The highest BCUT2D eigenvalue weighted by atomic mass is 32.2. The summed E-state index contributed by atoms with van der Waals surface area (Å²) in [6, 6.07) is 12.5. The molecule has 2 amide bonds. The maximum atomic E-state index is 12.5. The van der Waals surface area contributed by atoms with Crippen molar-refractivity contribution in [1.82, 2.24) is 20.1 Å². The van der Waals surface area contributed by atoms with Gasteiger partial charge in [-0.3, -0.25) is 9.59 Å². The van der Waals surface area contributed by atoms with Crippen molar-refractivity contribution in [1.29, 1.82) is 0 Å². The fourth-order valence-corrected chi connectivity index (χ4v) is 4.12. The Labute approximate surface area is 203 Å². The van der Waals surface area contributed by atoms with Crippen LogP contribution in [0.1, 0.15) is 28.7 Å². The Morgan fingerprint density at radius 1 is 1.06 bits per heavy atom. The van der Waals surface area contributed by atoms with Crippen LogP contribution in [0.2, 0.25) is 0 Å². The van der Waals surface area contributed by atoms with E-state index in [9.17, 15) is 9.59 Å². The summed E-state index contributed by atoms with van der Waals surface area (Å²) in [6.45, 7) is 5.02. The van der Waals surface area contributed by atoms with Crippen LogP contribution in [0.15, 0.2) is 47.6 Å². The normalized spacial score (nSPS) is 10.6. The topological polar surface area (TPSA) is 107 Å². The van der Waals surface area contributed by atoms with Crippen molar-refractivity contribution in [3.63, 3.8) is 0 Å². The van der Waals surface area contributed by atoms with Crippen molar-refractivity contribution < 1.29 is 19.1 Å². The number of amides is 2. The van der Waals surface area contributed by atoms with Gasteiger partial charge in [-0.05, 0) is 55.8 Å². The highest BCUT2D eigenvalue weighted by molar-refractivity contribution is 7.99. The Morgan fingerprint density at radius 3 is 2.50 bits per heavy atom. The molecule has 0 aliphatic carbocycles. The van der Waals surface area contributed by atoms with E-state index in [1.165, 1.54) is 11.8 Å². The predicted octanol–water partition coefficient (Wildman–Crippen LogP) is 3.33. The van der Waals surface area contributed by atoms with Crippen LogP contribution in [0.4, 0.5) is 5.69 Å². The van der Waals surface area contributed by atoms with Crippen LogP contribution in [-0.4, -0.2) is 53.1 Å². The molecule has 0 aliphatic heterocycles. The minimum atomic E-state index is -0.164. The number of carbonyl (C=O) groups excluding carboxylic acids is 2. The van der Waals surface area contributed by atoms with Crippen molar-refractivity contribution in [2.75, 3.05) is 31.8 Å². The molecule has 0 fully saturated rings. The summed E-state index contributed by atoms with van der Waals surface area (Å²) in [5, 5.41) is 14.9. The molecule has 0 spiro atoms. The van der Waals surface area contributed by atoms with E-state index in [2.05, 4.69) is 20.8 Å². The third-order valence-electron chi connectivity index (χ3n) is 5.06. The SMILES string of the molecule is CCn1c(CCNC(=O)c2ccc(OC)cc2)nnc1SCC(=O)Nc1cc(C)ccc1OC. The van der Waals surface area contributed by atoms with Crippen molar-refractivity contribution in [3.8, 4) is 11.5 Å². The molecule has 0 unspecified atom stereocenters. The van der Waals surface area contributed by atoms with E-state index in [-0.39, 0.29) is 17.6 Å². The minimum absolute atomic E-state index is 0.159. The number of aromatic nitrogens is 3. The Balaban J connectivity index is 1.53. The lowest BCUT2D eigenvalue weighted by Gasteiger charge is -2.11. The zero-order chi connectivity index (χ0) is 24.5. The molecule has 0 bridgehead atoms. The number of rotatable bonds is 11. The number of thioether (sulfide) groups is 1. The van der Waals surface area contributed by atoms with E-state index < -0.39 is 0 Å². The first-order chi connectivity index (χ1) is 16.4. The van der Waals surface area contributed by atoms with E-state index in [1.807, 2.05) is 36.6 Å². The van der Waals surface area contributed by atoms with Crippen LogP contribution in [0.3, 0.4) is 0 Å². The second-order valence-electron chi connectivity index (χ2n) is 7.42. The number of methoxy groups -OCH3 is 2. The number of hydrogen-bond acceptors (Lipinski definition) is 7. The molecule has 34 heavy (non-hydrogen) atoms. The monoisotopic (exact) mass is 483 g/mol. The van der Waals surface area contributed by atoms with E-state index in [1.54, 1.807) is 38.5 Å². The Morgan fingerprint density at radius 2 is 1.82 bits per heavy atom. The van der Waals surface area contributed by atoms with Gasteiger partial charge in [0.15, 0.2) is 5.16 Å². The molecular formula is C24H29N5O4S. The third-order valence-corrected chi connectivity index (χ3v) is 6.02. The summed E-state index contributed by atoms with van der Waals surface area (Å²) in [7, 11) is 3.15. The summed E-state index contributed by atoms with van der Waals surface area (Å²) in [4.78, 5) is 24.8. The number of ether oxygens (including phenoxy) is 2. The van der Waals surface area contributed by atoms with Crippen molar-refractivity contribution in [3.05, 3.63) is 59.4 Å². The third kappa shape index (κ3) is 6.50. The summed E-state index contributed by atoms with van der Waals surface area (Å²) in [6.07, 6.45) is 0.524. The van der Waals surface area contributed by atoms with Gasteiger partial charge >= 0.3 is 0 Å². The van der Waals surface area contributed by atoms with Gasteiger partial charge in [-0.1, -0.05) is 17.8 Å². The highest BCUT2D eigenvalue weighted by Crippen LogP contribution is 2.26. The summed E-state index contributed by atoms with van der Waals surface area (Å²) in [5.74, 6) is 1.92. The predicted molar refractivity (Wildman–Crippen MR) is 132 cm³/mol. The minimum Gasteiger partial charge on any atom is -0.497 e. The first-order valence-corrected chi connectivity index (χ1v) is 11.8. The lowest BCUT2D eigenvalue weighted by atomic mass is 10.2. The second kappa shape index (κ2) is 12.1. The molecule has 3 rings (SSSR count). The number of anilines is 1. The maximum absolute atomic E-state index is 12.5. The van der Waals surface area contributed by atoms with Gasteiger partial charge in [-0.25, -0.2) is 0 Å². The van der Waals surface area contributed by atoms with Crippen LogP contribution < -0.4 is 20.1 Å². The first-order valence-electron chi connectivity index (χ1n) is 10.9. The molecule has 9 nitrogen and oxygen atoms in total. The molecule has 0 radical (unpaired) electrons. The number of benzene rings is 2. The van der Waals surface area contributed by atoms with Crippen LogP contribution in [0.25, 0.3) is 0 Å². The Hall–Kier alpha value is -3.53. The molecule has 10 heteroatoms. The Bertz CT molecular complexity index is 1130. The molecular weight excluding hydrogens is 454 g/mol. The smallest absolute Gasteiger partial charge is 0.251 e. The van der Waals surface area contributed by atoms with Gasteiger partial charge in [0.25, 0.3) is 5.91 Å². The lowest BCUT2D eigenvalue weighted by molar-refractivity contribution is -0.113. The van der Waals surface area contributed by atoms with E-state index in [0.29, 0.717) is 47.4 Å². The number of nitrogens with one attached hydrogen (secondary N) is 2. The van der Waals surface area contributed by atoms with Gasteiger partial charge < -0.3 is 24.7 Å². The zero-order valence-corrected chi connectivity index (χ0v) is 20.6. The second-order valence-corrected chi connectivity index (χ2v) is 8.36. The quantitative estimate of drug-likeness (QED) is 0.403. The van der Waals surface area contributed by atoms with Gasteiger partial charge in [0.1, 0.15) is 17.3 Å². The summed E-state index contributed by atoms with van der Waals surface area (Å²) < 4.78 is 12.4. The molecule has 2 aromatic carbocycles. The van der Waals surface area contributed by atoms with Crippen LogP contribution >= 0.6 is 11.8 Å². The molecule has 1 aromatic heterocycles. The van der Waals surface area contributed by atoms with E-state index in [4.69, 9.17) is 9.47 Å².